The first-order chi connectivity index (χ1) is 14.6. The third-order valence-corrected chi connectivity index (χ3v) is 5.06. The van der Waals surface area contributed by atoms with Crippen molar-refractivity contribution >= 4 is 11.9 Å². The summed E-state index contributed by atoms with van der Waals surface area (Å²) in [5, 5.41) is 0. The third-order valence-electron chi connectivity index (χ3n) is 5.06. The minimum Gasteiger partial charge on any atom is -0.464 e. The molecule has 8 heteroatoms. The van der Waals surface area contributed by atoms with Crippen LogP contribution in [0, 0.1) is 0 Å². The van der Waals surface area contributed by atoms with Crippen molar-refractivity contribution in [1.29, 1.82) is 0 Å². The highest BCUT2D eigenvalue weighted by atomic mass is 16.5. The maximum atomic E-state index is 11.1. The van der Waals surface area contributed by atoms with Crippen LogP contribution in [-0.2, 0) is 18.9 Å². The lowest BCUT2D eigenvalue weighted by Crippen LogP contribution is -2.05. The van der Waals surface area contributed by atoms with Gasteiger partial charge in [-0.3, -0.25) is 0 Å². The summed E-state index contributed by atoms with van der Waals surface area (Å²) in [7, 11) is 2.70. The first-order valence-electron chi connectivity index (χ1n) is 9.90. The monoisotopic (exact) mass is 414 g/mol. The summed E-state index contributed by atoms with van der Waals surface area (Å²) in [4.78, 5) is 30.4. The zero-order valence-corrected chi connectivity index (χ0v) is 17.2. The molecule has 2 unspecified atom stereocenters. The lowest BCUT2D eigenvalue weighted by atomic mass is 10.0. The molecule has 2 aliphatic heterocycles. The van der Waals surface area contributed by atoms with Gasteiger partial charge in [0.05, 0.1) is 26.9 Å². The Kier molecular flexibility index (Phi) is 7.87. The Balaban J connectivity index is 0.000000171. The number of ether oxygens (including phenoxy) is 4. The van der Waals surface area contributed by atoms with E-state index in [0.717, 1.165) is 50.2 Å². The maximum Gasteiger partial charge on any atom is 0.356 e. The van der Waals surface area contributed by atoms with Gasteiger partial charge in [-0.25, -0.2) is 19.6 Å². The summed E-state index contributed by atoms with van der Waals surface area (Å²) in [6, 6.07) is 7.15. The van der Waals surface area contributed by atoms with Gasteiger partial charge in [0.15, 0.2) is 0 Å². The number of esters is 2. The molecular formula is C22H26N2O6. The van der Waals surface area contributed by atoms with Crippen LogP contribution in [0.3, 0.4) is 0 Å². The number of hydrogen-bond donors (Lipinski definition) is 0. The molecule has 0 amide bonds. The van der Waals surface area contributed by atoms with E-state index < -0.39 is 11.9 Å². The van der Waals surface area contributed by atoms with Crippen LogP contribution >= 0.6 is 0 Å². The Morgan fingerprint density at radius 1 is 0.900 bits per heavy atom. The van der Waals surface area contributed by atoms with Crippen molar-refractivity contribution in [2.75, 3.05) is 34.0 Å². The van der Waals surface area contributed by atoms with Crippen molar-refractivity contribution in [2.24, 2.45) is 0 Å². The van der Waals surface area contributed by atoms with Gasteiger partial charge in [-0.2, -0.15) is 0 Å². The van der Waals surface area contributed by atoms with Crippen molar-refractivity contribution in [2.45, 2.75) is 31.3 Å². The largest absolute Gasteiger partial charge is 0.464 e. The van der Waals surface area contributed by atoms with E-state index in [0.29, 0.717) is 17.3 Å². The minimum atomic E-state index is -0.408. The lowest BCUT2D eigenvalue weighted by molar-refractivity contribution is 0.0585. The van der Waals surface area contributed by atoms with Gasteiger partial charge in [-0.1, -0.05) is 12.1 Å². The van der Waals surface area contributed by atoms with Gasteiger partial charge >= 0.3 is 11.9 Å². The van der Waals surface area contributed by atoms with Crippen molar-refractivity contribution in [3.05, 3.63) is 59.2 Å². The van der Waals surface area contributed by atoms with E-state index in [2.05, 4.69) is 19.4 Å². The molecule has 2 atom stereocenters. The summed E-state index contributed by atoms with van der Waals surface area (Å²) in [5.41, 5.74) is 2.83. The van der Waals surface area contributed by atoms with Crippen molar-refractivity contribution in [3.63, 3.8) is 0 Å². The molecule has 0 aliphatic carbocycles. The van der Waals surface area contributed by atoms with E-state index >= 15 is 0 Å². The van der Waals surface area contributed by atoms with E-state index in [1.165, 1.54) is 14.2 Å². The number of methoxy groups -OCH3 is 2. The van der Waals surface area contributed by atoms with Gasteiger partial charge in [0.25, 0.3) is 0 Å². The Hall–Kier alpha value is -2.84. The first kappa shape index (κ1) is 21.9. The number of rotatable bonds is 4. The number of carbonyl (C=O) groups excluding carboxylic acids is 2. The predicted molar refractivity (Wildman–Crippen MR) is 107 cm³/mol. The van der Waals surface area contributed by atoms with E-state index in [1.807, 2.05) is 12.1 Å². The van der Waals surface area contributed by atoms with E-state index in [1.54, 1.807) is 24.5 Å². The zero-order chi connectivity index (χ0) is 21.3. The summed E-state index contributed by atoms with van der Waals surface area (Å²) < 4.78 is 19.9. The molecule has 4 rings (SSSR count). The average molecular weight is 414 g/mol. The lowest BCUT2D eigenvalue weighted by Gasteiger charge is -2.08. The zero-order valence-electron chi connectivity index (χ0n) is 17.2. The molecular weight excluding hydrogens is 388 g/mol. The number of carbonyl (C=O) groups is 2. The second-order valence-electron chi connectivity index (χ2n) is 7.00. The van der Waals surface area contributed by atoms with Crippen molar-refractivity contribution in [1.82, 2.24) is 9.97 Å². The van der Waals surface area contributed by atoms with E-state index in [4.69, 9.17) is 9.47 Å². The summed E-state index contributed by atoms with van der Waals surface area (Å²) in [5.74, 6) is -0.387. The number of pyridine rings is 2. The molecule has 30 heavy (non-hydrogen) atoms. The Morgan fingerprint density at radius 3 is 1.97 bits per heavy atom. The van der Waals surface area contributed by atoms with Gasteiger partial charge in [0.1, 0.15) is 11.4 Å². The fourth-order valence-electron chi connectivity index (χ4n) is 3.33. The topological polar surface area (TPSA) is 96.8 Å². The van der Waals surface area contributed by atoms with Crippen molar-refractivity contribution in [3.8, 4) is 0 Å². The van der Waals surface area contributed by atoms with Crippen LogP contribution in [0.4, 0.5) is 0 Å². The number of nitrogens with zero attached hydrogens (tertiary/aromatic N) is 2. The van der Waals surface area contributed by atoms with Crippen LogP contribution in [-0.4, -0.2) is 55.9 Å². The summed E-state index contributed by atoms with van der Waals surface area (Å²) in [6.45, 7) is 2.37. The molecule has 0 spiro atoms. The number of hydrogen-bond acceptors (Lipinski definition) is 8. The molecule has 2 saturated heterocycles. The smallest absolute Gasteiger partial charge is 0.356 e. The Morgan fingerprint density at radius 2 is 1.53 bits per heavy atom. The molecule has 2 aromatic heterocycles. The highest BCUT2D eigenvalue weighted by Gasteiger charge is 2.19. The first-order valence-corrected chi connectivity index (χ1v) is 9.90. The second-order valence-corrected chi connectivity index (χ2v) is 7.00. The van der Waals surface area contributed by atoms with Crippen LogP contribution in [0.5, 0.6) is 0 Å². The molecule has 0 aromatic carbocycles. The van der Waals surface area contributed by atoms with Gasteiger partial charge in [0, 0.05) is 31.5 Å². The maximum absolute atomic E-state index is 11.1. The van der Waals surface area contributed by atoms with Crippen LogP contribution in [0.1, 0.15) is 63.4 Å². The van der Waals surface area contributed by atoms with Gasteiger partial charge in [0.2, 0.25) is 0 Å². The SMILES string of the molecule is COC(=O)c1ccc(C2CCCO2)cn1.COC(=O)c1ccc(C2CCOC2)cn1. The highest BCUT2D eigenvalue weighted by Crippen LogP contribution is 2.27. The van der Waals surface area contributed by atoms with Crippen molar-refractivity contribution < 1.29 is 28.5 Å². The predicted octanol–water partition coefficient (Wildman–Crippen LogP) is 3.09. The molecule has 0 saturated carbocycles. The molecule has 8 nitrogen and oxygen atoms in total. The van der Waals surface area contributed by atoms with Gasteiger partial charge in [-0.15, -0.1) is 0 Å². The van der Waals surface area contributed by atoms with E-state index in [9.17, 15) is 9.59 Å². The van der Waals surface area contributed by atoms with Crippen LogP contribution < -0.4 is 0 Å². The average Bonchev–Trinajstić information content (AvgIpc) is 3.53. The Bertz CT molecular complexity index is 754. The van der Waals surface area contributed by atoms with Crippen LogP contribution in [0.25, 0.3) is 0 Å². The quantitative estimate of drug-likeness (QED) is 0.704. The summed E-state index contributed by atoms with van der Waals surface area (Å²) in [6.07, 6.45) is 6.69. The molecule has 0 radical (unpaired) electrons. The van der Waals surface area contributed by atoms with Crippen LogP contribution in [0.2, 0.25) is 0 Å². The fraction of sp³-hybridized carbons (Fsp3) is 0.455. The number of aromatic nitrogens is 2. The highest BCUT2D eigenvalue weighted by molar-refractivity contribution is 5.87. The molecule has 160 valence electrons. The Labute approximate surface area is 175 Å². The summed E-state index contributed by atoms with van der Waals surface area (Å²) >= 11 is 0. The molecule has 2 aromatic rings. The molecule has 2 aliphatic rings. The van der Waals surface area contributed by atoms with E-state index in [-0.39, 0.29) is 6.10 Å². The molecule has 0 N–H and O–H groups in total. The molecule has 0 bridgehead atoms. The molecule has 4 heterocycles. The minimum absolute atomic E-state index is 0.143. The second kappa shape index (κ2) is 10.8. The molecule has 2 fully saturated rings. The fourth-order valence-corrected chi connectivity index (χ4v) is 3.33. The van der Waals surface area contributed by atoms with Crippen LogP contribution in [0.15, 0.2) is 36.7 Å². The standard InChI is InChI=1S/2C11H13NO3/c1-14-11(13)10-3-2-8(6-12-10)9-4-5-15-7-9;1-14-11(13)9-5-4-8(7-12-9)10-3-2-6-15-10/h2-3,6,9H,4-5,7H2,1H3;4-5,7,10H,2-3,6H2,1H3. The normalized spacial score (nSPS) is 20.2. The van der Waals surface area contributed by atoms with Gasteiger partial charge < -0.3 is 18.9 Å². The third kappa shape index (κ3) is 5.61. The van der Waals surface area contributed by atoms with Gasteiger partial charge in [-0.05, 0) is 42.5 Å².